The molecule has 4 nitrogen and oxygen atoms in total. The summed E-state index contributed by atoms with van der Waals surface area (Å²) in [5.41, 5.74) is 1.26. The summed E-state index contributed by atoms with van der Waals surface area (Å²) >= 11 is 0. The zero-order valence-electron chi connectivity index (χ0n) is 23.5. The van der Waals surface area contributed by atoms with Gasteiger partial charge in [-0.25, -0.2) is 0 Å². The van der Waals surface area contributed by atoms with E-state index in [1.165, 1.54) is 0 Å². The summed E-state index contributed by atoms with van der Waals surface area (Å²) in [6, 6.07) is 0. The zero-order chi connectivity index (χ0) is 25.8. The highest BCUT2D eigenvalue weighted by atomic mass is 16.5. The number of ether oxygens (including phenoxy) is 1. The lowest BCUT2D eigenvalue weighted by molar-refractivity contribution is -0.232. The van der Waals surface area contributed by atoms with Crippen LogP contribution >= 0.6 is 0 Å². The van der Waals surface area contributed by atoms with Gasteiger partial charge in [0.2, 0.25) is 0 Å². The summed E-state index contributed by atoms with van der Waals surface area (Å²) in [4.78, 5) is 13.4. The average molecular weight is 487 g/mol. The van der Waals surface area contributed by atoms with E-state index in [9.17, 15) is 15.0 Å². The first-order valence-electron chi connectivity index (χ1n) is 14.2. The fourth-order valence-electron chi connectivity index (χ4n) is 11.0. The second-order valence-corrected chi connectivity index (χ2v) is 15.4. The maximum atomic E-state index is 13.4. The Morgan fingerprint density at radius 1 is 0.914 bits per heavy atom. The van der Waals surface area contributed by atoms with E-state index in [1.807, 2.05) is 0 Å². The number of esters is 1. The molecule has 4 saturated carbocycles. The van der Waals surface area contributed by atoms with Crippen LogP contribution < -0.4 is 0 Å². The van der Waals surface area contributed by atoms with Crippen LogP contribution in [0.1, 0.15) is 106 Å². The van der Waals surface area contributed by atoms with Crippen LogP contribution in [0.15, 0.2) is 11.6 Å². The van der Waals surface area contributed by atoms with Crippen LogP contribution in [0.4, 0.5) is 0 Å². The molecule has 0 spiro atoms. The Morgan fingerprint density at radius 2 is 1.57 bits per heavy atom. The SMILES string of the molecule is COC(=O)[C@]12CCC(C)(C)C[C@H]1C1=CC[C@@H]3[C@@]4(C)C[C@@H](O)[C@@H](O)C(C)(C)[C@@H]4CC[C@@]3(C)[C@]1(C)CC2. The first kappa shape index (κ1) is 25.8. The minimum Gasteiger partial charge on any atom is -0.469 e. The highest BCUT2D eigenvalue weighted by molar-refractivity contribution is 5.78. The number of fused-ring (bicyclic) bond motifs is 7. The van der Waals surface area contributed by atoms with Crippen molar-refractivity contribution in [3.8, 4) is 0 Å². The third kappa shape index (κ3) is 3.14. The van der Waals surface area contributed by atoms with Gasteiger partial charge in [0.1, 0.15) is 0 Å². The largest absolute Gasteiger partial charge is 0.469 e. The number of allylic oxidation sites excluding steroid dienone is 2. The first-order valence-corrected chi connectivity index (χ1v) is 14.2. The van der Waals surface area contributed by atoms with Crippen molar-refractivity contribution in [3.05, 3.63) is 11.6 Å². The highest BCUT2D eigenvalue weighted by Crippen LogP contribution is 2.75. The predicted octanol–water partition coefficient (Wildman–Crippen LogP) is 6.29. The molecule has 4 fully saturated rings. The van der Waals surface area contributed by atoms with Crippen LogP contribution in [0.25, 0.3) is 0 Å². The maximum Gasteiger partial charge on any atom is 0.312 e. The lowest BCUT2D eigenvalue weighted by Crippen LogP contribution is -2.67. The summed E-state index contributed by atoms with van der Waals surface area (Å²) in [5.74, 6) is 1.13. The molecule has 0 unspecified atom stereocenters. The van der Waals surface area contributed by atoms with E-state index < -0.39 is 12.2 Å². The standard InChI is InChI=1S/C31H50O4/c1-26(2)13-15-31(25(34)35-8)16-14-29(6)19(20(31)17-26)9-10-23-28(5)18-21(32)24(33)27(3,4)22(28)11-12-30(23,29)7/h9,20-24,32-33H,10-18H2,1-8H3/t20-,21+,22-,23+,24+,28-,29+,30+,31-/m0/s1. The number of hydrogen-bond acceptors (Lipinski definition) is 4. The number of hydrogen-bond donors (Lipinski definition) is 2. The van der Waals surface area contributed by atoms with E-state index in [2.05, 4.69) is 54.5 Å². The predicted molar refractivity (Wildman–Crippen MR) is 138 cm³/mol. The molecule has 2 N–H and O–H groups in total. The van der Waals surface area contributed by atoms with E-state index in [1.54, 1.807) is 12.7 Å². The van der Waals surface area contributed by atoms with Crippen molar-refractivity contribution < 1.29 is 19.7 Å². The van der Waals surface area contributed by atoms with Gasteiger partial charge in [-0.2, -0.15) is 0 Å². The number of carbonyl (C=O) groups is 1. The van der Waals surface area contributed by atoms with Gasteiger partial charge >= 0.3 is 5.97 Å². The lowest BCUT2D eigenvalue weighted by atomic mass is 9.33. The molecule has 5 aliphatic rings. The van der Waals surface area contributed by atoms with Gasteiger partial charge in [-0.1, -0.05) is 60.1 Å². The number of carbonyl (C=O) groups excluding carboxylic acids is 1. The third-order valence-electron chi connectivity index (χ3n) is 13.2. The summed E-state index contributed by atoms with van der Waals surface area (Å²) in [5, 5.41) is 21.9. The van der Waals surface area contributed by atoms with Crippen molar-refractivity contribution in [2.24, 2.45) is 50.2 Å². The van der Waals surface area contributed by atoms with Crippen LogP contribution in [0.2, 0.25) is 0 Å². The molecule has 0 aromatic rings. The van der Waals surface area contributed by atoms with Gasteiger partial charge in [0.25, 0.3) is 0 Å². The molecule has 4 heteroatoms. The fraction of sp³-hybridized carbons (Fsp3) is 0.903. The van der Waals surface area contributed by atoms with Gasteiger partial charge in [-0.15, -0.1) is 0 Å². The first-order chi connectivity index (χ1) is 16.1. The van der Waals surface area contributed by atoms with Crippen molar-refractivity contribution in [1.29, 1.82) is 0 Å². The molecule has 0 heterocycles. The topological polar surface area (TPSA) is 66.8 Å². The molecule has 198 valence electrons. The smallest absolute Gasteiger partial charge is 0.312 e. The Bertz CT molecular complexity index is 934. The summed E-state index contributed by atoms with van der Waals surface area (Å²) in [6.07, 6.45) is 10.2. The Balaban J connectivity index is 1.61. The van der Waals surface area contributed by atoms with Gasteiger partial charge in [0.05, 0.1) is 24.7 Å². The van der Waals surface area contributed by atoms with E-state index >= 15 is 0 Å². The van der Waals surface area contributed by atoms with Crippen molar-refractivity contribution in [2.75, 3.05) is 7.11 Å². The second-order valence-electron chi connectivity index (χ2n) is 15.4. The molecule has 0 amide bonds. The van der Waals surface area contributed by atoms with Crippen molar-refractivity contribution in [3.63, 3.8) is 0 Å². The quantitative estimate of drug-likeness (QED) is 0.337. The van der Waals surface area contributed by atoms with E-state index in [4.69, 9.17) is 4.74 Å². The number of aliphatic hydroxyl groups excluding tert-OH is 2. The summed E-state index contributed by atoms with van der Waals surface area (Å²) in [6.45, 7) is 16.6. The van der Waals surface area contributed by atoms with Crippen LogP contribution in [-0.4, -0.2) is 35.5 Å². The number of aliphatic hydroxyl groups is 2. The molecule has 0 bridgehead atoms. The van der Waals surface area contributed by atoms with Gasteiger partial charge in [-0.3, -0.25) is 4.79 Å². The Labute approximate surface area is 213 Å². The fourth-order valence-corrected chi connectivity index (χ4v) is 11.0. The minimum atomic E-state index is -0.663. The zero-order valence-corrected chi connectivity index (χ0v) is 23.5. The van der Waals surface area contributed by atoms with Gasteiger partial charge in [-0.05, 0) is 103 Å². The molecule has 0 radical (unpaired) electrons. The molecule has 35 heavy (non-hydrogen) atoms. The van der Waals surface area contributed by atoms with Crippen LogP contribution in [0, 0.1) is 50.2 Å². The summed E-state index contributed by atoms with van der Waals surface area (Å²) < 4.78 is 5.48. The molecule has 0 aromatic heterocycles. The number of rotatable bonds is 1. The highest BCUT2D eigenvalue weighted by Gasteiger charge is 2.70. The summed E-state index contributed by atoms with van der Waals surface area (Å²) in [7, 11) is 1.57. The molecular weight excluding hydrogens is 436 g/mol. The Kier molecular flexibility index (Phi) is 5.59. The van der Waals surface area contributed by atoms with Crippen molar-refractivity contribution in [1.82, 2.24) is 0 Å². The minimum absolute atomic E-state index is 0.00929. The molecule has 9 atom stereocenters. The van der Waals surface area contributed by atoms with Gasteiger partial charge in [0.15, 0.2) is 0 Å². The average Bonchev–Trinajstić information content (AvgIpc) is 2.77. The van der Waals surface area contributed by atoms with Crippen molar-refractivity contribution in [2.45, 2.75) is 118 Å². The molecule has 0 saturated heterocycles. The molecule has 0 aliphatic heterocycles. The van der Waals surface area contributed by atoms with Gasteiger partial charge < -0.3 is 14.9 Å². The molecule has 5 aliphatic carbocycles. The van der Waals surface area contributed by atoms with E-state index in [-0.39, 0.29) is 44.4 Å². The van der Waals surface area contributed by atoms with Crippen LogP contribution in [0.3, 0.4) is 0 Å². The molecule has 0 aromatic carbocycles. The molecular formula is C31H50O4. The maximum absolute atomic E-state index is 13.4. The lowest BCUT2D eigenvalue weighted by Gasteiger charge is -2.71. The molecule has 5 rings (SSSR count). The van der Waals surface area contributed by atoms with Gasteiger partial charge in [0, 0.05) is 0 Å². The normalized spacial score (nSPS) is 52.2. The van der Waals surface area contributed by atoms with E-state index in [0.29, 0.717) is 18.3 Å². The monoisotopic (exact) mass is 486 g/mol. The van der Waals surface area contributed by atoms with Crippen molar-refractivity contribution >= 4 is 5.97 Å². The van der Waals surface area contributed by atoms with Crippen LogP contribution in [0.5, 0.6) is 0 Å². The third-order valence-corrected chi connectivity index (χ3v) is 13.2. The Morgan fingerprint density at radius 3 is 2.23 bits per heavy atom. The van der Waals surface area contributed by atoms with E-state index in [0.717, 1.165) is 51.4 Å². The Hall–Kier alpha value is -0.870. The second kappa shape index (κ2) is 7.59. The van der Waals surface area contributed by atoms with Crippen LogP contribution in [-0.2, 0) is 9.53 Å². The number of methoxy groups -OCH3 is 1.